The van der Waals surface area contributed by atoms with Crippen LogP contribution in [0.25, 0.3) is 0 Å². The molecule has 1 aliphatic rings. The molecule has 2 heterocycles. The number of ether oxygens (including phenoxy) is 1. The van der Waals surface area contributed by atoms with Crippen LogP contribution in [0.2, 0.25) is 0 Å². The molecule has 1 saturated heterocycles. The van der Waals surface area contributed by atoms with Gasteiger partial charge >= 0.3 is 0 Å². The number of aromatic nitrogens is 1. The minimum atomic E-state index is -0.150. The lowest BCUT2D eigenvalue weighted by molar-refractivity contribution is 0.0908. The average molecular weight is 235 g/mol. The number of hydrogen-bond acceptors (Lipinski definition) is 4. The van der Waals surface area contributed by atoms with E-state index in [0.717, 1.165) is 25.9 Å². The van der Waals surface area contributed by atoms with Crippen molar-refractivity contribution in [3.63, 3.8) is 0 Å². The van der Waals surface area contributed by atoms with Crippen LogP contribution in [-0.4, -0.2) is 30.1 Å². The zero-order chi connectivity index (χ0) is 12.1. The van der Waals surface area contributed by atoms with Crippen LogP contribution >= 0.6 is 0 Å². The van der Waals surface area contributed by atoms with Crippen LogP contribution in [0.4, 0.5) is 5.69 Å². The highest BCUT2D eigenvalue weighted by atomic mass is 16.5. The highest BCUT2D eigenvalue weighted by Gasteiger charge is 2.15. The molecule has 0 radical (unpaired) electrons. The lowest BCUT2D eigenvalue weighted by atomic mass is 10.1. The lowest BCUT2D eigenvalue weighted by Crippen LogP contribution is -2.27. The molecule has 1 aliphatic heterocycles. The van der Waals surface area contributed by atoms with E-state index in [1.54, 1.807) is 12.3 Å². The number of nitrogen functional groups attached to an aromatic ring is 1. The molecule has 5 nitrogen and oxygen atoms in total. The minimum absolute atomic E-state index is 0.150. The summed E-state index contributed by atoms with van der Waals surface area (Å²) in [6.07, 6.45) is 6.41. The molecule has 92 valence electrons. The van der Waals surface area contributed by atoms with E-state index in [1.807, 2.05) is 0 Å². The van der Waals surface area contributed by atoms with E-state index in [9.17, 15) is 4.79 Å². The molecule has 1 aromatic rings. The van der Waals surface area contributed by atoms with Gasteiger partial charge in [0.25, 0.3) is 5.91 Å². The molecule has 0 spiro atoms. The topological polar surface area (TPSA) is 77.2 Å². The molecular formula is C12H17N3O2. The van der Waals surface area contributed by atoms with Crippen LogP contribution < -0.4 is 11.1 Å². The molecule has 3 N–H and O–H groups in total. The Hall–Kier alpha value is -1.62. The summed E-state index contributed by atoms with van der Waals surface area (Å²) in [5.41, 5.74) is 6.55. The van der Waals surface area contributed by atoms with E-state index in [1.165, 1.54) is 6.20 Å². The lowest BCUT2D eigenvalue weighted by Gasteiger charge is -2.10. The molecular weight excluding hydrogens is 218 g/mol. The van der Waals surface area contributed by atoms with E-state index in [2.05, 4.69) is 10.3 Å². The largest absolute Gasteiger partial charge is 0.397 e. The van der Waals surface area contributed by atoms with E-state index in [-0.39, 0.29) is 5.91 Å². The number of pyridine rings is 1. The fourth-order valence-electron chi connectivity index (χ4n) is 1.93. The van der Waals surface area contributed by atoms with Crippen molar-refractivity contribution < 1.29 is 9.53 Å². The Bertz CT molecular complexity index is 389. The van der Waals surface area contributed by atoms with Crippen molar-refractivity contribution in [2.24, 2.45) is 0 Å². The smallest absolute Gasteiger partial charge is 0.253 e. The molecule has 17 heavy (non-hydrogen) atoms. The van der Waals surface area contributed by atoms with Crippen LogP contribution in [0.15, 0.2) is 18.5 Å². The third-order valence-corrected chi connectivity index (χ3v) is 2.87. The number of nitrogens with one attached hydrogen (secondary N) is 1. The summed E-state index contributed by atoms with van der Waals surface area (Å²) >= 11 is 0. The Kier molecular flexibility index (Phi) is 3.93. The molecule has 0 aromatic carbocycles. The zero-order valence-electron chi connectivity index (χ0n) is 9.69. The van der Waals surface area contributed by atoms with Gasteiger partial charge in [0.05, 0.1) is 23.6 Å². The fraction of sp³-hybridized carbons (Fsp3) is 0.500. The summed E-state index contributed by atoms with van der Waals surface area (Å²) in [5, 5.41) is 2.84. The van der Waals surface area contributed by atoms with Crippen molar-refractivity contribution in [1.29, 1.82) is 0 Å². The first-order valence-corrected chi connectivity index (χ1v) is 5.86. The third-order valence-electron chi connectivity index (χ3n) is 2.87. The minimum Gasteiger partial charge on any atom is -0.397 e. The van der Waals surface area contributed by atoms with Crippen LogP contribution in [0.3, 0.4) is 0 Å². The maximum Gasteiger partial charge on any atom is 0.253 e. The Labute approximate surface area is 100 Å². The van der Waals surface area contributed by atoms with Crippen molar-refractivity contribution in [3.05, 3.63) is 24.0 Å². The predicted octanol–water partition coefficient (Wildman–Crippen LogP) is 0.963. The van der Waals surface area contributed by atoms with Crippen molar-refractivity contribution in [2.45, 2.75) is 25.4 Å². The van der Waals surface area contributed by atoms with Gasteiger partial charge in [0.2, 0.25) is 0 Å². The molecule has 0 bridgehead atoms. The van der Waals surface area contributed by atoms with Gasteiger partial charge in [0.15, 0.2) is 0 Å². The standard InChI is InChI=1S/C12H17N3O2/c13-11-8-14-5-4-10(11)12(16)15-6-3-9-2-1-7-17-9/h4-5,8-9H,1-3,6-7,13H2,(H,15,16). The van der Waals surface area contributed by atoms with E-state index in [0.29, 0.717) is 23.9 Å². The second-order valence-corrected chi connectivity index (χ2v) is 4.14. The van der Waals surface area contributed by atoms with Crippen molar-refractivity contribution in [2.75, 3.05) is 18.9 Å². The van der Waals surface area contributed by atoms with Gasteiger partial charge < -0.3 is 15.8 Å². The zero-order valence-corrected chi connectivity index (χ0v) is 9.69. The normalized spacial score (nSPS) is 19.2. The van der Waals surface area contributed by atoms with E-state index >= 15 is 0 Å². The number of amides is 1. The first-order valence-electron chi connectivity index (χ1n) is 5.86. The number of nitrogens with two attached hydrogens (primary N) is 1. The first kappa shape index (κ1) is 11.9. The fourth-order valence-corrected chi connectivity index (χ4v) is 1.93. The van der Waals surface area contributed by atoms with Gasteiger partial charge in [-0.15, -0.1) is 0 Å². The number of anilines is 1. The Morgan fingerprint density at radius 1 is 1.65 bits per heavy atom. The van der Waals surface area contributed by atoms with E-state index in [4.69, 9.17) is 10.5 Å². The molecule has 1 amide bonds. The van der Waals surface area contributed by atoms with Crippen molar-refractivity contribution >= 4 is 11.6 Å². The summed E-state index contributed by atoms with van der Waals surface area (Å²) < 4.78 is 5.48. The van der Waals surface area contributed by atoms with Crippen LogP contribution in [0.1, 0.15) is 29.6 Å². The van der Waals surface area contributed by atoms with Gasteiger partial charge in [0, 0.05) is 19.3 Å². The van der Waals surface area contributed by atoms with Gasteiger partial charge in [-0.25, -0.2) is 0 Å². The predicted molar refractivity (Wildman–Crippen MR) is 64.6 cm³/mol. The molecule has 1 aromatic heterocycles. The summed E-state index contributed by atoms with van der Waals surface area (Å²) in [6, 6.07) is 1.62. The Morgan fingerprint density at radius 2 is 2.53 bits per heavy atom. The van der Waals surface area contributed by atoms with Crippen LogP contribution in [-0.2, 0) is 4.74 Å². The summed E-state index contributed by atoms with van der Waals surface area (Å²) in [6.45, 7) is 1.46. The molecule has 1 atom stereocenters. The van der Waals surface area contributed by atoms with Gasteiger partial charge in [-0.3, -0.25) is 9.78 Å². The highest BCUT2D eigenvalue weighted by Crippen LogP contribution is 2.14. The van der Waals surface area contributed by atoms with Crippen molar-refractivity contribution in [3.8, 4) is 0 Å². The van der Waals surface area contributed by atoms with Crippen LogP contribution in [0, 0.1) is 0 Å². The highest BCUT2D eigenvalue weighted by molar-refractivity contribution is 5.98. The van der Waals surface area contributed by atoms with Crippen molar-refractivity contribution in [1.82, 2.24) is 10.3 Å². The summed E-state index contributed by atoms with van der Waals surface area (Å²) in [7, 11) is 0. The van der Waals surface area contributed by atoms with Gasteiger partial charge in [-0.2, -0.15) is 0 Å². The molecule has 1 fully saturated rings. The Morgan fingerprint density at radius 3 is 3.24 bits per heavy atom. The monoisotopic (exact) mass is 235 g/mol. The number of rotatable bonds is 4. The SMILES string of the molecule is Nc1cnccc1C(=O)NCCC1CCCO1. The summed E-state index contributed by atoms with van der Waals surface area (Å²) in [4.78, 5) is 15.6. The maximum atomic E-state index is 11.8. The second kappa shape index (κ2) is 5.63. The van der Waals surface area contributed by atoms with Crippen LogP contribution in [0.5, 0.6) is 0 Å². The van der Waals surface area contributed by atoms with Gasteiger partial charge in [-0.1, -0.05) is 0 Å². The number of hydrogen-bond donors (Lipinski definition) is 2. The third kappa shape index (κ3) is 3.17. The molecule has 1 unspecified atom stereocenters. The maximum absolute atomic E-state index is 11.8. The van der Waals surface area contributed by atoms with Gasteiger partial charge in [-0.05, 0) is 25.3 Å². The molecule has 2 rings (SSSR count). The average Bonchev–Trinajstić information content (AvgIpc) is 2.82. The first-order chi connectivity index (χ1) is 8.27. The molecule has 0 saturated carbocycles. The van der Waals surface area contributed by atoms with E-state index < -0.39 is 0 Å². The molecule has 5 heteroatoms. The number of carbonyl (C=O) groups is 1. The number of carbonyl (C=O) groups excluding carboxylic acids is 1. The Balaban J connectivity index is 1.79. The quantitative estimate of drug-likeness (QED) is 0.815. The molecule has 0 aliphatic carbocycles. The summed E-state index contributed by atoms with van der Waals surface area (Å²) in [5.74, 6) is -0.150. The number of nitrogens with zero attached hydrogens (tertiary/aromatic N) is 1. The second-order valence-electron chi connectivity index (χ2n) is 4.14. The van der Waals surface area contributed by atoms with Gasteiger partial charge in [0.1, 0.15) is 0 Å².